The van der Waals surface area contributed by atoms with Crippen molar-refractivity contribution in [2.45, 2.75) is 13.3 Å². The summed E-state index contributed by atoms with van der Waals surface area (Å²) in [6.07, 6.45) is 2.29. The predicted molar refractivity (Wildman–Crippen MR) is 69.4 cm³/mol. The van der Waals surface area contributed by atoms with Gasteiger partial charge in [-0.25, -0.2) is 4.79 Å². The van der Waals surface area contributed by atoms with Crippen LogP contribution in [-0.4, -0.2) is 30.1 Å². The second-order valence-electron chi connectivity index (χ2n) is 3.45. The zero-order chi connectivity index (χ0) is 13.5. The SMILES string of the molecule is C=CCNC(=O)COc1cc(CC)sc1C(=O)O. The number of amides is 1. The lowest BCUT2D eigenvalue weighted by molar-refractivity contribution is -0.122. The molecule has 0 fully saturated rings. The van der Waals surface area contributed by atoms with E-state index in [0.717, 1.165) is 22.6 Å². The smallest absolute Gasteiger partial charge is 0.349 e. The number of carboxylic acid groups (broad SMARTS) is 1. The molecule has 0 aliphatic heterocycles. The summed E-state index contributed by atoms with van der Waals surface area (Å²) in [5, 5.41) is 11.5. The average Bonchev–Trinajstić information content (AvgIpc) is 2.77. The molecule has 1 rings (SSSR count). The van der Waals surface area contributed by atoms with Crippen molar-refractivity contribution in [1.29, 1.82) is 0 Å². The Labute approximate surface area is 109 Å². The van der Waals surface area contributed by atoms with Crippen molar-refractivity contribution in [1.82, 2.24) is 5.32 Å². The monoisotopic (exact) mass is 269 g/mol. The minimum absolute atomic E-state index is 0.128. The fourth-order valence-corrected chi connectivity index (χ4v) is 2.11. The molecule has 0 saturated carbocycles. The Balaban J connectivity index is 2.65. The molecular formula is C12H15NO4S. The molecule has 0 atom stereocenters. The van der Waals surface area contributed by atoms with Gasteiger partial charge in [0.1, 0.15) is 5.75 Å². The third-order valence-electron chi connectivity index (χ3n) is 2.09. The lowest BCUT2D eigenvalue weighted by Gasteiger charge is -2.05. The number of hydrogen-bond donors (Lipinski definition) is 2. The number of rotatable bonds is 7. The van der Waals surface area contributed by atoms with E-state index in [1.807, 2.05) is 6.92 Å². The van der Waals surface area contributed by atoms with Gasteiger partial charge in [0.25, 0.3) is 5.91 Å². The van der Waals surface area contributed by atoms with Gasteiger partial charge in [0, 0.05) is 11.4 Å². The first-order valence-electron chi connectivity index (χ1n) is 5.44. The molecule has 18 heavy (non-hydrogen) atoms. The molecule has 2 N–H and O–H groups in total. The van der Waals surface area contributed by atoms with Crippen LogP contribution in [0, 0.1) is 0 Å². The van der Waals surface area contributed by atoms with Crippen molar-refractivity contribution >= 4 is 23.2 Å². The van der Waals surface area contributed by atoms with Crippen LogP contribution in [0.15, 0.2) is 18.7 Å². The predicted octanol–water partition coefficient (Wildman–Crippen LogP) is 1.69. The van der Waals surface area contributed by atoms with E-state index in [9.17, 15) is 9.59 Å². The summed E-state index contributed by atoms with van der Waals surface area (Å²) >= 11 is 1.16. The molecule has 0 unspecified atom stereocenters. The van der Waals surface area contributed by atoms with Gasteiger partial charge in [-0.3, -0.25) is 4.79 Å². The number of carbonyl (C=O) groups excluding carboxylic acids is 1. The van der Waals surface area contributed by atoms with Crippen molar-refractivity contribution in [3.63, 3.8) is 0 Å². The third kappa shape index (κ3) is 3.89. The summed E-state index contributed by atoms with van der Waals surface area (Å²) in [4.78, 5) is 23.3. The van der Waals surface area contributed by atoms with Crippen LogP contribution in [0.4, 0.5) is 0 Å². The van der Waals surface area contributed by atoms with E-state index < -0.39 is 5.97 Å². The maximum absolute atomic E-state index is 11.3. The van der Waals surface area contributed by atoms with Crippen molar-refractivity contribution < 1.29 is 19.4 Å². The summed E-state index contributed by atoms with van der Waals surface area (Å²) < 4.78 is 5.22. The molecule has 0 aromatic carbocycles. The minimum Gasteiger partial charge on any atom is -0.482 e. The van der Waals surface area contributed by atoms with Crippen molar-refractivity contribution in [3.05, 3.63) is 28.5 Å². The molecule has 98 valence electrons. The first-order chi connectivity index (χ1) is 8.58. The van der Waals surface area contributed by atoms with Crippen LogP contribution >= 0.6 is 11.3 Å². The number of carboxylic acids is 1. The largest absolute Gasteiger partial charge is 0.482 e. The second kappa shape index (κ2) is 6.80. The Morgan fingerprint density at radius 2 is 2.33 bits per heavy atom. The van der Waals surface area contributed by atoms with Crippen molar-refractivity contribution in [3.8, 4) is 5.75 Å². The minimum atomic E-state index is -1.04. The van der Waals surface area contributed by atoms with Gasteiger partial charge in [-0.2, -0.15) is 0 Å². The third-order valence-corrected chi connectivity index (χ3v) is 3.34. The van der Waals surface area contributed by atoms with Crippen LogP contribution in [0.1, 0.15) is 21.5 Å². The molecule has 0 radical (unpaired) electrons. The maximum Gasteiger partial charge on any atom is 0.349 e. The van der Waals surface area contributed by atoms with Crippen LogP contribution in [-0.2, 0) is 11.2 Å². The summed E-state index contributed by atoms with van der Waals surface area (Å²) in [7, 11) is 0. The number of thiophene rings is 1. The number of carbonyl (C=O) groups is 2. The summed E-state index contributed by atoms with van der Waals surface area (Å²) in [5.74, 6) is -1.10. The van der Waals surface area contributed by atoms with Crippen LogP contribution in [0.5, 0.6) is 5.75 Å². The van der Waals surface area contributed by atoms with E-state index in [0.29, 0.717) is 6.54 Å². The van der Waals surface area contributed by atoms with Gasteiger partial charge in [-0.1, -0.05) is 13.0 Å². The molecule has 5 nitrogen and oxygen atoms in total. The molecule has 1 amide bonds. The Kier molecular flexibility index (Phi) is 5.38. The quantitative estimate of drug-likeness (QED) is 0.739. The van der Waals surface area contributed by atoms with Gasteiger partial charge in [0.15, 0.2) is 11.5 Å². The standard InChI is InChI=1S/C12H15NO4S/c1-3-5-13-10(14)7-17-9-6-8(4-2)18-11(9)12(15)16/h3,6H,1,4-5,7H2,2H3,(H,13,14)(H,15,16). The van der Waals surface area contributed by atoms with E-state index in [1.165, 1.54) is 0 Å². The van der Waals surface area contributed by atoms with Gasteiger partial charge in [0.05, 0.1) is 0 Å². The normalized spacial score (nSPS) is 9.83. The fraction of sp³-hybridized carbons (Fsp3) is 0.333. The molecule has 6 heteroatoms. The molecular weight excluding hydrogens is 254 g/mol. The van der Waals surface area contributed by atoms with E-state index >= 15 is 0 Å². The van der Waals surface area contributed by atoms with E-state index in [2.05, 4.69) is 11.9 Å². The van der Waals surface area contributed by atoms with E-state index in [1.54, 1.807) is 12.1 Å². The highest BCUT2D eigenvalue weighted by molar-refractivity contribution is 7.14. The van der Waals surface area contributed by atoms with Crippen molar-refractivity contribution in [2.24, 2.45) is 0 Å². The van der Waals surface area contributed by atoms with Gasteiger partial charge < -0.3 is 15.2 Å². The summed E-state index contributed by atoms with van der Waals surface area (Å²) in [5.41, 5.74) is 0. The fourth-order valence-electron chi connectivity index (χ4n) is 1.23. The summed E-state index contributed by atoms with van der Waals surface area (Å²) in [6.45, 7) is 5.56. The Hall–Kier alpha value is -1.82. The topological polar surface area (TPSA) is 75.6 Å². The molecule has 0 saturated heterocycles. The molecule has 0 bridgehead atoms. The molecule has 1 aromatic rings. The van der Waals surface area contributed by atoms with Crippen LogP contribution < -0.4 is 10.1 Å². The Bertz CT molecular complexity index is 453. The zero-order valence-corrected chi connectivity index (χ0v) is 10.9. The molecule has 1 aromatic heterocycles. The average molecular weight is 269 g/mol. The molecule has 0 aliphatic rings. The Morgan fingerprint density at radius 1 is 1.61 bits per heavy atom. The molecule has 0 spiro atoms. The van der Waals surface area contributed by atoms with Gasteiger partial charge in [0.2, 0.25) is 0 Å². The number of aromatic carboxylic acids is 1. The summed E-state index contributed by atoms with van der Waals surface area (Å²) in [6, 6.07) is 1.66. The van der Waals surface area contributed by atoms with E-state index in [4.69, 9.17) is 9.84 Å². The Morgan fingerprint density at radius 3 is 2.89 bits per heavy atom. The van der Waals surface area contributed by atoms with Gasteiger partial charge >= 0.3 is 5.97 Å². The van der Waals surface area contributed by atoms with E-state index in [-0.39, 0.29) is 23.1 Å². The second-order valence-corrected chi connectivity index (χ2v) is 4.58. The number of nitrogens with one attached hydrogen (secondary N) is 1. The number of hydrogen-bond acceptors (Lipinski definition) is 4. The number of aryl methyl sites for hydroxylation is 1. The highest BCUT2D eigenvalue weighted by atomic mass is 32.1. The number of ether oxygens (including phenoxy) is 1. The highest BCUT2D eigenvalue weighted by Gasteiger charge is 2.16. The highest BCUT2D eigenvalue weighted by Crippen LogP contribution is 2.29. The van der Waals surface area contributed by atoms with Crippen LogP contribution in [0.2, 0.25) is 0 Å². The first kappa shape index (κ1) is 14.2. The van der Waals surface area contributed by atoms with Gasteiger partial charge in [-0.05, 0) is 12.5 Å². The molecule has 0 aliphatic carbocycles. The zero-order valence-electron chi connectivity index (χ0n) is 10.1. The molecule has 1 heterocycles. The lowest BCUT2D eigenvalue weighted by Crippen LogP contribution is -2.28. The van der Waals surface area contributed by atoms with Crippen LogP contribution in [0.3, 0.4) is 0 Å². The maximum atomic E-state index is 11.3. The van der Waals surface area contributed by atoms with Gasteiger partial charge in [-0.15, -0.1) is 17.9 Å². The lowest BCUT2D eigenvalue weighted by atomic mass is 10.3. The van der Waals surface area contributed by atoms with Crippen molar-refractivity contribution in [2.75, 3.05) is 13.2 Å². The first-order valence-corrected chi connectivity index (χ1v) is 6.26. The van der Waals surface area contributed by atoms with Crippen LogP contribution in [0.25, 0.3) is 0 Å².